The summed E-state index contributed by atoms with van der Waals surface area (Å²) in [5.41, 5.74) is 1.41. The Morgan fingerprint density at radius 1 is 1.04 bits per heavy atom. The van der Waals surface area contributed by atoms with E-state index in [2.05, 4.69) is 5.32 Å². The third-order valence-electron chi connectivity index (χ3n) is 3.95. The molecule has 1 N–H and O–H groups in total. The number of ether oxygens (including phenoxy) is 1. The summed E-state index contributed by atoms with van der Waals surface area (Å²) in [6.07, 6.45) is 1.38. The lowest BCUT2D eigenvalue weighted by Crippen LogP contribution is -2.16. The molecule has 0 aliphatic heterocycles. The molecule has 1 amide bonds. The Kier molecular flexibility index (Phi) is 5.64. The monoisotopic (exact) mass is 381 g/mol. The molecule has 0 bridgehead atoms. The van der Waals surface area contributed by atoms with E-state index in [1.165, 1.54) is 42.7 Å². The molecule has 3 rings (SSSR count). The van der Waals surface area contributed by atoms with Crippen LogP contribution in [-0.2, 0) is 4.74 Å². The quantitative estimate of drug-likeness (QED) is 0.515. The summed E-state index contributed by atoms with van der Waals surface area (Å²) >= 11 is 0. The maximum absolute atomic E-state index is 13.2. The smallest absolute Gasteiger partial charge is 0.338 e. The highest BCUT2D eigenvalue weighted by atomic mass is 19.1. The van der Waals surface area contributed by atoms with Crippen LogP contribution >= 0.6 is 0 Å². The Labute approximate surface area is 159 Å². The Balaban J connectivity index is 1.67. The molecule has 0 saturated carbocycles. The number of esters is 1. The molecule has 28 heavy (non-hydrogen) atoms. The van der Waals surface area contributed by atoms with Gasteiger partial charge in [-0.1, -0.05) is 18.2 Å². The number of nitrogens with one attached hydrogen (secondary N) is 1. The summed E-state index contributed by atoms with van der Waals surface area (Å²) in [5.74, 6) is -2.13. The fourth-order valence-corrected chi connectivity index (χ4v) is 2.44. The predicted molar refractivity (Wildman–Crippen MR) is 98.9 cm³/mol. The van der Waals surface area contributed by atoms with Crippen LogP contribution in [0.4, 0.5) is 10.1 Å². The third-order valence-corrected chi connectivity index (χ3v) is 3.95. The van der Waals surface area contributed by atoms with E-state index in [1.807, 2.05) is 0 Å². The number of benzene rings is 2. The van der Waals surface area contributed by atoms with Crippen LogP contribution in [0.5, 0.6) is 0 Å². The van der Waals surface area contributed by atoms with Gasteiger partial charge in [-0.05, 0) is 48.9 Å². The average Bonchev–Trinajstić information content (AvgIpc) is 3.22. The standard InChI is InChI=1S/C21H16FNO5/c1-13-7-8-15(11-17(13)23-20(25)19-6-3-9-27-19)21(26)28-12-18(24)14-4-2-5-16(22)10-14/h2-11H,12H2,1H3,(H,23,25). The summed E-state index contributed by atoms with van der Waals surface area (Å²) in [6.45, 7) is 1.24. The number of hydrogen-bond donors (Lipinski definition) is 1. The first-order chi connectivity index (χ1) is 13.4. The highest BCUT2D eigenvalue weighted by Crippen LogP contribution is 2.19. The first-order valence-electron chi connectivity index (χ1n) is 8.35. The zero-order valence-electron chi connectivity index (χ0n) is 14.9. The minimum absolute atomic E-state index is 0.114. The van der Waals surface area contributed by atoms with Gasteiger partial charge in [0.1, 0.15) is 5.82 Å². The Morgan fingerprint density at radius 2 is 1.86 bits per heavy atom. The summed E-state index contributed by atoms with van der Waals surface area (Å²) in [4.78, 5) is 36.4. The number of aryl methyl sites for hydroxylation is 1. The van der Waals surface area contributed by atoms with Gasteiger partial charge in [0.15, 0.2) is 18.2 Å². The van der Waals surface area contributed by atoms with Crippen molar-refractivity contribution in [1.29, 1.82) is 0 Å². The molecule has 7 heteroatoms. The van der Waals surface area contributed by atoms with Crippen LogP contribution in [0.25, 0.3) is 0 Å². The molecular formula is C21H16FNO5. The third kappa shape index (κ3) is 4.50. The number of hydrogen-bond acceptors (Lipinski definition) is 5. The van der Waals surface area contributed by atoms with Crippen LogP contribution in [-0.4, -0.2) is 24.3 Å². The molecular weight excluding hydrogens is 365 g/mol. The van der Waals surface area contributed by atoms with Crippen molar-refractivity contribution in [1.82, 2.24) is 0 Å². The number of Topliss-reactive ketones (excluding diaryl/α,β-unsaturated/α-hetero) is 1. The predicted octanol–water partition coefficient (Wildman–Crippen LogP) is 4.02. The van der Waals surface area contributed by atoms with Gasteiger partial charge in [0, 0.05) is 11.3 Å². The van der Waals surface area contributed by atoms with Gasteiger partial charge in [-0.3, -0.25) is 9.59 Å². The molecule has 0 unspecified atom stereocenters. The normalized spacial score (nSPS) is 10.4. The van der Waals surface area contributed by atoms with Crippen molar-refractivity contribution in [2.24, 2.45) is 0 Å². The SMILES string of the molecule is Cc1ccc(C(=O)OCC(=O)c2cccc(F)c2)cc1NC(=O)c1ccco1. The van der Waals surface area contributed by atoms with Crippen molar-refractivity contribution in [2.75, 3.05) is 11.9 Å². The van der Waals surface area contributed by atoms with E-state index in [1.54, 1.807) is 19.1 Å². The largest absolute Gasteiger partial charge is 0.459 e. The summed E-state index contributed by atoms with van der Waals surface area (Å²) in [5, 5.41) is 2.66. The van der Waals surface area contributed by atoms with E-state index < -0.39 is 30.1 Å². The zero-order valence-corrected chi connectivity index (χ0v) is 14.9. The summed E-state index contributed by atoms with van der Waals surface area (Å²) in [7, 11) is 0. The molecule has 1 aromatic heterocycles. The number of anilines is 1. The summed E-state index contributed by atoms with van der Waals surface area (Å²) in [6, 6.07) is 12.8. The molecule has 1 heterocycles. The van der Waals surface area contributed by atoms with Gasteiger partial charge in [0.25, 0.3) is 5.91 Å². The number of furan rings is 1. The van der Waals surface area contributed by atoms with Gasteiger partial charge in [-0.25, -0.2) is 9.18 Å². The first-order valence-corrected chi connectivity index (χ1v) is 8.35. The topological polar surface area (TPSA) is 85.6 Å². The number of rotatable bonds is 6. The molecule has 0 atom stereocenters. The van der Waals surface area contributed by atoms with Crippen LogP contribution in [0.3, 0.4) is 0 Å². The molecule has 0 spiro atoms. The van der Waals surface area contributed by atoms with Crippen molar-refractivity contribution in [3.8, 4) is 0 Å². The molecule has 0 saturated heterocycles. The van der Waals surface area contributed by atoms with Gasteiger partial charge >= 0.3 is 5.97 Å². The molecule has 0 radical (unpaired) electrons. The van der Waals surface area contributed by atoms with Crippen molar-refractivity contribution in [3.05, 3.63) is 89.1 Å². The van der Waals surface area contributed by atoms with Gasteiger partial charge in [0.2, 0.25) is 0 Å². The second kappa shape index (κ2) is 8.30. The first kappa shape index (κ1) is 19.0. The van der Waals surface area contributed by atoms with Gasteiger partial charge < -0.3 is 14.5 Å². The van der Waals surface area contributed by atoms with Crippen LogP contribution in [0.1, 0.15) is 36.8 Å². The highest BCUT2D eigenvalue weighted by Gasteiger charge is 2.15. The minimum Gasteiger partial charge on any atom is -0.459 e. The van der Waals surface area contributed by atoms with Crippen LogP contribution < -0.4 is 5.32 Å². The minimum atomic E-state index is -0.738. The molecule has 142 valence electrons. The number of ketones is 1. The van der Waals surface area contributed by atoms with Crippen LogP contribution in [0, 0.1) is 12.7 Å². The second-order valence-electron chi connectivity index (χ2n) is 5.97. The molecule has 0 aliphatic carbocycles. The van der Waals surface area contributed by atoms with Gasteiger partial charge in [-0.2, -0.15) is 0 Å². The fraction of sp³-hybridized carbons (Fsp3) is 0.0952. The zero-order chi connectivity index (χ0) is 20.1. The molecule has 6 nitrogen and oxygen atoms in total. The van der Waals surface area contributed by atoms with E-state index in [0.29, 0.717) is 5.69 Å². The lowest BCUT2D eigenvalue weighted by Gasteiger charge is -2.10. The van der Waals surface area contributed by atoms with Crippen molar-refractivity contribution >= 4 is 23.3 Å². The summed E-state index contributed by atoms with van der Waals surface area (Å²) < 4.78 is 23.2. The Bertz CT molecular complexity index is 1030. The highest BCUT2D eigenvalue weighted by molar-refractivity contribution is 6.04. The van der Waals surface area contributed by atoms with E-state index in [4.69, 9.17) is 9.15 Å². The van der Waals surface area contributed by atoms with E-state index in [-0.39, 0.29) is 16.9 Å². The molecule has 0 fully saturated rings. The lowest BCUT2D eigenvalue weighted by atomic mass is 10.1. The average molecular weight is 381 g/mol. The molecule has 2 aromatic carbocycles. The van der Waals surface area contributed by atoms with Crippen LogP contribution in [0.2, 0.25) is 0 Å². The molecule has 3 aromatic rings. The van der Waals surface area contributed by atoms with Crippen LogP contribution in [0.15, 0.2) is 65.3 Å². The number of carbonyl (C=O) groups is 3. The number of halogens is 1. The second-order valence-corrected chi connectivity index (χ2v) is 5.97. The van der Waals surface area contributed by atoms with Crippen molar-refractivity contribution < 1.29 is 27.9 Å². The lowest BCUT2D eigenvalue weighted by molar-refractivity contribution is 0.0474. The number of amides is 1. The van der Waals surface area contributed by atoms with Gasteiger partial charge in [0.05, 0.1) is 11.8 Å². The van der Waals surface area contributed by atoms with E-state index in [0.717, 1.165) is 11.6 Å². The maximum atomic E-state index is 13.2. The maximum Gasteiger partial charge on any atom is 0.338 e. The van der Waals surface area contributed by atoms with Crippen molar-refractivity contribution in [2.45, 2.75) is 6.92 Å². The Morgan fingerprint density at radius 3 is 2.57 bits per heavy atom. The fourth-order valence-electron chi connectivity index (χ4n) is 2.44. The van der Waals surface area contributed by atoms with E-state index >= 15 is 0 Å². The Hall–Kier alpha value is -3.74. The number of carbonyl (C=O) groups excluding carboxylic acids is 3. The van der Waals surface area contributed by atoms with E-state index in [9.17, 15) is 18.8 Å². The van der Waals surface area contributed by atoms with Crippen molar-refractivity contribution in [3.63, 3.8) is 0 Å². The molecule has 0 aliphatic rings. The van der Waals surface area contributed by atoms with Gasteiger partial charge in [-0.15, -0.1) is 0 Å².